The molecule has 0 radical (unpaired) electrons. The van der Waals surface area contributed by atoms with E-state index in [0.717, 1.165) is 33.0 Å². The van der Waals surface area contributed by atoms with Crippen LogP contribution in [0.3, 0.4) is 0 Å². The average molecular weight is 603 g/mol. The summed E-state index contributed by atoms with van der Waals surface area (Å²) in [4.78, 5) is 36.0. The minimum atomic E-state index is -4.84. The van der Waals surface area contributed by atoms with Crippen LogP contribution in [-0.4, -0.2) is 45.2 Å². The van der Waals surface area contributed by atoms with E-state index in [1.807, 2.05) is 10.3 Å². The minimum Gasteiger partial charge on any atom is -0.363 e. The third kappa shape index (κ3) is 6.18. The first-order valence-electron chi connectivity index (χ1n) is 13.4. The molecule has 2 aromatic carbocycles. The van der Waals surface area contributed by atoms with E-state index in [1.54, 1.807) is 35.8 Å². The van der Waals surface area contributed by atoms with Crippen molar-refractivity contribution in [2.75, 3.05) is 31.1 Å². The summed E-state index contributed by atoms with van der Waals surface area (Å²) in [5, 5.41) is 1.97. The molecule has 0 aliphatic carbocycles. The first kappa shape index (κ1) is 29.7. The van der Waals surface area contributed by atoms with Crippen molar-refractivity contribution in [1.82, 2.24) is 19.0 Å². The third-order valence-corrected chi connectivity index (χ3v) is 8.20. The van der Waals surface area contributed by atoms with Crippen molar-refractivity contribution in [2.24, 2.45) is 5.73 Å². The fraction of sp³-hybridized carbons (Fsp3) is 0.345. The number of halogens is 4. The van der Waals surface area contributed by atoms with Crippen molar-refractivity contribution in [3.63, 3.8) is 0 Å². The quantitative estimate of drug-likeness (QED) is 0.307. The van der Waals surface area contributed by atoms with E-state index in [1.165, 1.54) is 18.3 Å². The molecule has 0 amide bonds. The van der Waals surface area contributed by atoms with Crippen LogP contribution in [0.4, 0.5) is 23.2 Å². The molecule has 1 aliphatic heterocycles. The molecule has 13 heteroatoms. The molecule has 0 saturated carbocycles. The van der Waals surface area contributed by atoms with E-state index in [4.69, 9.17) is 5.73 Å². The number of alkyl halides is 3. The summed E-state index contributed by atoms with van der Waals surface area (Å²) >= 11 is 1.51. The Morgan fingerprint density at radius 1 is 0.976 bits per heavy atom. The second kappa shape index (κ2) is 12.2. The van der Waals surface area contributed by atoms with Crippen LogP contribution in [0.15, 0.2) is 69.0 Å². The van der Waals surface area contributed by atoms with E-state index < -0.39 is 47.0 Å². The lowest BCUT2D eigenvalue weighted by atomic mass is 10.1. The fourth-order valence-electron chi connectivity index (χ4n) is 5.32. The Morgan fingerprint density at radius 2 is 1.69 bits per heavy atom. The van der Waals surface area contributed by atoms with Gasteiger partial charge in [0.25, 0.3) is 5.56 Å². The lowest BCUT2D eigenvalue weighted by Gasteiger charge is -2.36. The van der Waals surface area contributed by atoms with Gasteiger partial charge in [0.1, 0.15) is 11.5 Å². The Kier molecular flexibility index (Phi) is 8.62. The second-order valence-electron chi connectivity index (χ2n) is 10.2. The molecule has 4 aromatic rings. The number of hydrogen-bond acceptors (Lipinski definition) is 7. The maximum atomic E-state index is 14.9. The van der Waals surface area contributed by atoms with Crippen LogP contribution < -0.4 is 21.9 Å². The molecule has 0 bridgehead atoms. The number of benzene rings is 2. The Morgan fingerprint density at radius 3 is 2.33 bits per heavy atom. The SMILES string of the molecule is Cc1c(N2CCN(Cc3cscn3)CC2)c(=O)n(CC(N)c2ccccc2)c(=O)n1Cc1c(F)cccc1C(F)(F)F. The van der Waals surface area contributed by atoms with Crippen LogP contribution >= 0.6 is 11.3 Å². The number of piperazine rings is 1. The second-order valence-corrected chi connectivity index (χ2v) is 11.0. The van der Waals surface area contributed by atoms with Gasteiger partial charge in [-0.2, -0.15) is 13.2 Å². The van der Waals surface area contributed by atoms with E-state index in [2.05, 4.69) is 9.88 Å². The van der Waals surface area contributed by atoms with Crippen molar-refractivity contribution >= 4 is 17.0 Å². The maximum absolute atomic E-state index is 14.9. The number of aromatic nitrogens is 3. The van der Waals surface area contributed by atoms with Gasteiger partial charge in [0.15, 0.2) is 0 Å². The predicted octanol–water partition coefficient (Wildman–Crippen LogP) is 4.00. The van der Waals surface area contributed by atoms with Crippen LogP contribution in [0.1, 0.15) is 34.1 Å². The highest BCUT2D eigenvalue weighted by atomic mass is 32.1. The molecule has 42 heavy (non-hydrogen) atoms. The molecule has 5 rings (SSSR count). The first-order valence-corrected chi connectivity index (χ1v) is 14.3. The molecule has 1 saturated heterocycles. The summed E-state index contributed by atoms with van der Waals surface area (Å²) < 4.78 is 58.4. The molecule has 1 fully saturated rings. The summed E-state index contributed by atoms with van der Waals surface area (Å²) in [7, 11) is 0. The molecule has 222 valence electrons. The van der Waals surface area contributed by atoms with Crippen LogP contribution in [0.25, 0.3) is 0 Å². The number of nitrogens with two attached hydrogens (primary N) is 1. The summed E-state index contributed by atoms with van der Waals surface area (Å²) in [6.07, 6.45) is -4.84. The molecular formula is C29H30F4N6O2S. The number of hydrogen-bond donors (Lipinski definition) is 1. The van der Waals surface area contributed by atoms with Gasteiger partial charge in [0.2, 0.25) is 0 Å². The van der Waals surface area contributed by atoms with E-state index in [0.29, 0.717) is 38.3 Å². The Labute approximate surface area is 243 Å². The van der Waals surface area contributed by atoms with Crippen molar-refractivity contribution in [1.29, 1.82) is 0 Å². The molecule has 8 nitrogen and oxygen atoms in total. The maximum Gasteiger partial charge on any atom is 0.416 e. The summed E-state index contributed by atoms with van der Waals surface area (Å²) in [5.74, 6) is -1.09. The number of rotatable bonds is 8. The van der Waals surface area contributed by atoms with Crippen LogP contribution in [0, 0.1) is 12.7 Å². The van der Waals surface area contributed by atoms with Gasteiger partial charge in [-0.05, 0) is 24.6 Å². The zero-order valence-electron chi connectivity index (χ0n) is 22.9. The lowest BCUT2D eigenvalue weighted by molar-refractivity contribution is -0.138. The zero-order valence-corrected chi connectivity index (χ0v) is 23.7. The number of anilines is 1. The topological polar surface area (TPSA) is 89.4 Å². The van der Waals surface area contributed by atoms with Gasteiger partial charge in [0.05, 0.1) is 29.9 Å². The highest BCUT2D eigenvalue weighted by Gasteiger charge is 2.35. The highest BCUT2D eigenvalue weighted by Crippen LogP contribution is 2.33. The summed E-state index contributed by atoms with van der Waals surface area (Å²) in [5.41, 5.74) is 6.83. The van der Waals surface area contributed by atoms with Gasteiger partial charge in [0, 0.05) is 55.4 Å². The molecule has 1 atom stereocenters. The zero-order chi connectivity index (χ0) is 30.0. The number of nitrogens with zero attached hydrogens (tertiary/aromatic N) is 5. The van der Waals surface area contributed by atoms with Crippen molar-refractivity contribution in [3.8, 4) is 0 Å². The lowest BCUT2D eigenvalue weighted by Crippen LogP contribution is -2.51. The molecule has 3 heterocycles. The average Bonchev–Trinajstić information content (AvgIpc) is 3.48. The number of thiazole rings is 1. The van der Waals surface area contributed by atoms with Gasteiger partial charge in [-0.3, -0.25) is 18.8 Å². The van der Waals surface area contributed by atoms with Crippen molar-refractivity contribution < 1.29 is 17.6 Å². The normalized spacial score (nSPS) is 15.2. The minimum absolute atomic E-state index is 0.166. The Bertz CT molecular complexity index is 1650. The monoisotopic (exact) mass is 602 g/mol. The molecule has 2 N–H and O–H groups in total. The van der Waals surface area contributed by atoms with Crippen LogP contribution in [0.2, 0.25) is 0 Å². The Hall–Kier alpha value is -3.81. The smallest absolute Gasteiger partial charge is 0.363 e. The summed E-state index contributed by atoms with van der Waals surface area (Å²) in [6, 6.07) is 10.8. The van der Waals surface area contributed by atoms with Crippen molar-refractivity contribution in [3.05, 3.63) is 114 Å². The van der Waals surface area contributed by atoms with Crippen molar-refractivity contribution in [2.45, 2.75) is 38.8 Å². The fourth-order valence-corrected chi connectivity index (χ4v) is 5.87. The van der Waals surface area contributed by atoms with E-state index >= 15 is 0 Å². The van der Waals surface area contributed by atoms with Gasteiger partial charge < -0.3 is 10.6 Å². The molecule has 2 aromatic heterocycles. The van der Waals surface area contributed by atoms with E-state index in [9.17, 15) is 27.2 Å². The highest BCUT2D eigenvalue weighted by molar-refractivity contribution is 7.07. The van der Waals surface area contributed by atoms with Gasteiger partial charge in [-0.15, -0.1) is 11.3 Å². The standard InChI is InChI=1S/C29H30F4N6O2S/c1-19-26(37-12-10-36(11-13-37)14-21-17-42-18-35-21)27(40)39(16-25(34)20-6-3-2-4-7-20)28(41)38(19)15-22-23(29(31,32)33)8-5-9-24(22)30/h2-9,17-18,25H,10-16,34H2,1H3. The van der Waals surface area contributed by atoms with Crippen LogP contribution in [-0.2, 0) is 25.8 Å². The van der Waals surface area contributed by atoms with Gasteiger partial charge in [-0.25, -0.2) is 14.2 Å². The molecule has 1 unspecified atom stereocenters. The molecule has 1 aliphatic rings. The summed E-state index contributed by atoms with van der Waals surface area (Å²) in [6.45, 7) is 3.34. The van der Waals surface area contributed by atoms with Crippen LogP contribution in [0.5, 0.6) is 0 Å². The molecular weight excluding hydrogens is 572 g/mol. The largest absolute Gasteiger partial charge is 0.416 e. The third-order valence-electron chi connectivity index (χ3n) is 7.56. The first-order chi connectivity index (χ1) is 20.0. The van der Waals surface area contributed by atoms with Gasteiger partial charge >= 0.3 is 11.9 Å². The molecule has 0 spiro atoms. The Balaban J connectivity index is 1.56. The van der Waals surface area contributed by atoms with Gasteiger partial charge in [-0.1, -0.05) is 36.4 Å². The predicted molar refractivity (Wildman–Crippen MR) is 153 cm³/mol. The van der Waals surface area contributed by atoms with E-state index in [-0.39, 0.29) is 17.9 Å².